The molecule has 3 N–H and O–H groups in total. The predicted molar refractivity (Wildman–Crippen MR) is 182 cm³/mol. The summed E-state index contributed by atoms with van der Waals surface area (Å²) in [5.41, 5.74) is 13.0. The first kappa shape index (κ1) is 32.6. The van der Waals surface area contributed by atoms with Crippen LogP contribution in [0.5, 0.6) is 0 Å². The molecule has 0 amide bonds. The predicted octanol–water partition coefficient (Wildman–Crippen LogP) is 7.30. The fraction of sp³-hybridized carbons (Fsp3) is 0.378. The highest BCUT2D eigenvalue weighted by molar-refractivity contribution is 5.93. The van der Waals surface area contributed by atoms with Crippen LogP contribution in [0.3, 0.4) is 0 Å². The summed E-state index contributed by atoms with van der Waals surface area (Å²) in [7, 11) is 2.93. The first-order valence-electron chi connectivity index (χ1n) is 15.8. The average molecular weight is 639 g/mol. The van der Waals surface area contributed by atoms with Crippen LogP contribution >= 0.6 is 0 Å². The Kier molecular flexibility index (Phi) is 8.80. The number of carboxylic acid groups (broad SMARTS) is 1. The fourth-order valence-electron chi connectivity index (χ4n) is 7.47. The van der Waals surface area contributed by atoms with E-state index in [4.69, 9.17) is 29.5 Å². The zero-order valence-corrected chi connectivity index (χ0v) is 28.0. The first-order valence-corrected chi connectivity index (χ1v) is 15.8. The second-order valence-corrected chi connectivity index (χ2v) is 12.7. The van der Waals surface area contributed by atoms with Gasteiger partial charge in [-0.2, -0.15) is 0 Å². The number of aryl methyl sites for hydroxylation is 2. The molecule has 3 aromatic heterocycles. The summed E-state index contributed by atoms with van der Waals surface area (Å²) in [6.07, 6.45) is 4.80. The zero-order valence-electron chi connectivity index (χ0n) is 28.0. The average Bonchev–Trinajstić information content (AvgIpc) is 3.68. The lowest BCUT2D eigenvalue weighted by atomic mass is 9.60. The van der Waals surface area contributed by atoms with Crippen molar-refractivity contribution in [3.05, 3.63) is 87.5 Å². The largest absolute Gasteiger partial charge is 0.478 e. The minimum Gasteiger partial charge on any atom is -0.478 e. The fourth-order valence-corrected chi connectivity index (χ4v) is 7.47. The molecule has 6 rings (SSSR count). The van der Waals surface area contributed by atoms with E-state index in [1.54, 1.807) is 0 Å². The van der Waals surface area contributed by atoms with Crippen LogP contribution < -0.4 is 0 Å². The number of aromatic nitrogens is 4. The Labute approximate surface area is 274 Å². The van der Waals surface area contributed by atoms with Gasteiger partial charge in [0.2, 0.25) is 0 Å². The van der Waals surface area contributed by atoms with Crippen molar-refractivity contribution in [3.63, 3.8) is 0 Å². The molecule has 0 saturated carbocycles. The molecule has 0 aromatic carbocycles. The summed E-state index contributed by atoms with van der Waals surface area (Å²) in [6.45, 7) is 15.0. The van der Waals surface area contributed by atoms with E-state index >= 15 is 0 Å². The Morgan fingerprint density at radius 1 is 0.957 bits per heavy atom. The van der Waals surface area contributed by atoms with Crippen LogP contribution in [0.1, 0.15) is 78.1 Å². The summed E-state index contributed by atoms with van der Waals surface area (Å²) in [5, 5.41) is 10.3. The van der Waals surface area contributed by atoms with Crippen molar-refractivity contribution in [2.75, 3.05) is 27.4 Å². The summed E-state index contributed by atoms with van der Waals surface area (Å²) in [5.74, 6) is -1.60. The second kappa shape index (κ2) is 12.7. The molecule has 10 nitrogen and oxygen atoms in total. The molecule has 0 spiro atoms. The number of aromatic amines is 2. The zero-order chi connectivity index (χ0) is 33.6. The molecule has 8 bridgehead atoms. The summed E-state index contributed by atoms with van der Waals surface area (Å²) in [4.78, 5) is 50.9. The van der Waals surface area contributed by atoms with E-state index in [2.05, 4.69) is 75.4 Å². The maximum absolute atomic E-state index is 12.6. The van der Waals surface area contributed by atoms with Gasteiger partial charge in [0.05, 0.1) is 44.5 Å². The number of hydrogen-bond donors (Lipinski definition) is 3. The van der Waals surface area contributed by atoms with Gasteiger partial charge in [-0.05, 0) is 86.2 Å². The third-order valence-corrected chi connectivity index (χ3v) is 10.4. The molecule has 3 unspecified atom stereocenters. The summed E-state index contributed by atoms with van der Waals surface area (Å²) in [6, 6.07) is 8.33. The lowest BCUT2D eigenvalue weighted by molar-refractivity contribution is -0.281. The van der Waals surface area contributed by atoms with E-state index in [1.165, 1.54) is 14.2 Å². The number of hydrogen-bond acceptors (Lipinski definition) is 7. The van der Waals surface area contributed by atoms with Crippen LogP contribution in [0.25, 0.3) is 39.3 Å². The van der Waals surface area contributed by atoms with E-state index in [0.29, 0.717) is 25.0 Å². The van der Waals surface area contributed by atoms with Crippen LogP contribution in [0, 0.1) is 19.8 Å². The van der Waals surface area contributed by atoms with Gasteiger partial charge < -0.3 is 15.1 Å². The number of fused-ring (bicyclic) bond motifs is 11. The normalized spacial score (nSPS) is 20.7. The Bertz CT molecular complexity index is 2000. The number of allylic oxidation sites excluding steroid dienone is 3. The van der Waals surface area contributed by atoms with Gasteiger partial charge in [-0.1, -0.05) is 25.7 Å². The lowest BCUT2D eigenvalue weighted by Gasteiger charge is -2.42. The van der Waals surface area contributed by atoms with Gasteiger partial charge in [0.25, 0.3) is 0 Å². The molecule has 2 aliphatic heterocycles. The Morgan fingerprint density at radius 2 is 1.62 bits per heavy atom. The van der Waals surface area contributed by atoms with Crippen molar-refractivity contribution < 1.29 is 29.5 Å². The molecule has 0 radical (unpaired) electrons. The highest BCUT2D eigenvalue weighted by Crippen LogP contribution is 2.54. The SMILES string of the molecule is C=Cc1c(C)c2cc3nc(cc4[nH]c(cc5nc(cc1[nH]2)C(C)=C5C)c(CCOOC)c4C)C1(C)C(COOC)C(C(=O)O)=CCC31. The molecule has 0 fully saturated rings. The van der Waals surface area contributed by atoms with E-state index in [-0.39, 0.29) is 12.5 Å². The highest BCUT2D eigenvalue weighted by Gasteiger charge is 2.53. The van der Waals surface area contributed by atoms with Gasteiger partial charge >= 0.3 is 5.97 Å². The van der Waals surface area contributed by atoms with E-state index in [9.17, 15) is 9.90 Å². The van der Waals surface area contributed by atoms with E-state index < -0.39 is 17.3 Å². The van der Waals surface area contributed by atoms with Gasteiger partial charge in [0.1, 0.15) is 0 Å². The number of carbonyl (C=O) groups is 1. The number of nitrogens with zero attached hydrogens (tertiary/aromatic N) is 2. The minimum atomic E-state index is -0.971. The highest BCUT2D eigenvalue weighted by atomic mass is 17.2. The maximum atomic E-state index is 12.6. The first-order chi connectivity index (χ1) is 22.5. The molecule has 3 atom stereocenters. The van der Waals surface area contributed by atoms with E-state index in [1.807, 2.05) is 12.2 Å². The maximum Gasteiger partial charge on any atom is 0.331 e. The minimum absolute atomic E-state index is 0.0643. The van der Waals surface area contributed by atoms with Crippen LogP contribution in [-0.2, 0) is 36.2 Å². The van der Waals surface area contributed by atoms with E-state index in [0.717, 1.165) is 78.2 Å². The number of aliphatic carboxylic acids is 1. The molecule has 3 aromatic rings. The third-order valence-electron chi connectivity index (χ3n) is 10.4. The smallest absolute Gasteiger partial charge is 0.331 e. The monoisotopic (exact) mass is 638 g/mol. The molecule has 10 heteroatoms. The van der Waals surface area contributed by atoms with Crippen LogP contribution in [-0.4, -0.2) is 58.4 Å². The van der Waals surface area contributed by atoms with Crippen molar-refractivity contribution >= 4 is 45.3 Å². The molecule has 3 aliphatic rings. The topological polar surface area (TPSA) is 132 Å². The van der Waals surface area contributed by atoms with Crippen molar-refractivity contribution in [1.29, 1.82) is 0 Å². The second-order valence-electron chi connectivity index (χ2n) is 12.7. The molecular formula is C37H42N4O6. The van der Waals surface area contributed by atoms with Gasteiger partial charge in [0, 0.05) is 62.6 Å². The number of nitrogens with one attached hydrogen (secondary N) is 2. The van der Waals surface area contributed by atoms with Gasteiger partial charge in [-0.15, -0.1) is 0 Å². The molecule has 5 heterocycles. The van der Waals surface area contributed by atoms with Crippen LogP contribution in [0.4, 0.5) is 0 Å². The quantitative estimate of drug-likeness (QED) is 0.126. The molecular weight excluding hydrogens is 596 g/mol. The van der Waals surface area contributed by atoms with Gasteiger partial charge in [-0.25, -0.2) is 29.3 Å². The van der Waals surface area contributed by atoms with Crippen molar-refractivity contribution in [2.45, 2.75) is 58.8 Å². The Hall–Kier alpha value is -4.35. The molecule has 246 valence electrons. The third kappa shape index (κ3) is 5.45. The van der Waals surface area contributed by atoms with Gasteiger partial charge in [0.15, 0.2) is 0 Å². The molecule has 0 saturated heterocycles. The summed E-state index contributed by atoms with van der Waals surface area (Å²) < 4.78 is 0. The van der Waals surface area contributed by atoms with Crippen LogP contribution in [0.15, 0.2) is 42.5 Å². The van der Waals surface area contributed by atoms with Crippen LogP contribution in [0.2, 0.25) is 0 Å². The standard InChI is InChI=1S/C37H42N4O6/c1-9-23-21(4)30-16-34-26-11-10-25(36(42)43)27(18-47-45-8)37(26,6)35(41-34)17-31-22(5)24(12-13-46-44-7)33(40-31)15-29-20(3)19(2)28(38-29)14-32(23)39-30/h9-10,14-17,26-27,39-40H,1,11-13,18H2,2-8H3,(H,42,43). The number of carboxylic acids is 1. The summed E-state index contributed by atoms with van der Waals surface area (Å²) >= 11 is 0. The number of H-pyrrole nitrogens is 2. The Balaban J connectivity index is 1.74. The number of rotatable bonds is 9. The van der Waals surface area contributed by atoms with Crippen molar-refractivity contribution in [2.24, 2.45) is 5.92 Å². The molecule has 1 aliphatic carbocycles. The Morgan fingerprint density at radius 3 is 2.28 bits per heavy atom. The lowest BCUT2D eigenvalue weighted by Crippen LogP contribution is -2.43. The van der Waals surface area contributed by atoms with Gasteiger partial charge in [-0.3, -0.25) is 4.98 Å². The van der Waals surface area contributed by atoms with Crippen molar-refractivity contribution in [3.8, 4) is 0 Å². The molecule has 47 heavy (non-hydrogen) atoms. The van der Waals surface area contributed by atoms with Crippen molar-refractivity contribution in [1.82, 2.24) is 19.9 Å².